The van der Waals surface area contributed by atoms with Crippen molar-refractivity contribution in [3.05, 3.63) is 39.9 Å². The molecule has 0 saturated heterocycles. The molecule has 6 nitrogen and oxygen atoms in total. The van der Waals surface area contributed by atoms with Gasteiger partial charge in [0.25, 0.3) is 5.69 Å². The Morgan fingerprint density at radius 1 is 1.59 bits per heavy atom. The Labute approximate surface area is 103 Å². The molecule has 0 aliphatic rings. The Morgan fingerprint density at radius 2 is 2.29 bits per heavy atom. The number of nitro groups is 1. The molecule has 0 aliphatic carbocycles. The molecule has 1 atom stereocenters. The Bertz CT molecular complexity index is 425. The van der Waals surface area contributed by atoms with Crippen molar-refractivity contribution in [2.45, 2.75) is 12.6 Å². The molecule has 0 unspecified atom stereocenters. The number of nitro benzene ring substituents is 1. The van der Waals surface area contributed by atoms with Crippen molar-refractivity contribution in [2.24, 2.45) is 0 Å². The van der Waals surface area contributed by atoms with E-state index >= 15 is 0 Å². The van der Waals surface area contributed by atoms with Crippen LogP contribution in [0.15, 0.2) is 24.3 Å². The highest BCUT2D eigenvalue weighted by Gasteiger charge is 2.14. The van der Waals surface area contributed by atoms with E-state index in [4.69, 9.17) is 5.11 Å². The van der Waals surface area contributed by atoms with Gasteiger partial charge in [0.1, 0.15) is 6.04 Å². The van der Waals surface area contributed by atoms with Gasteiger partial charge in [-0.25, -0.2) is 0 Å². The lowest BCUT2D eigenvalue weighted by molar-refractivity contribution is -0.384. The second-order valence-electron chi connectivity index (χ2n) is 3.38. The number of benzene rings is 1. The van der Waals surface area contributed by atoms with E-state index in [-0.39, 0.29) is 18.0 Å². The third-order valence-electron chi connectivity index (χ3n) is 2.15. The molecule has 0 radical (unpaired) electrons. The molecule has 0 spiro atoms. The summed E-state index contributed by atoms with van der Waals surface area (Å²) in [4.78, 5) is 20.8. The van der Waals surface area contributed by atoms with Crippen molar-refractivity contribution in [3.8, 4) is 0 Å². The Balaban J connectivity index is 2.66. The zero-order chi connectivity index (χ0) is 12.8. The average molecular weight is 256 g/mol. The molecular formula is C10H12N2O4S. The number of nitrogens with one attached hydrogen (secondary N) is 1. The molecule has 0 amide bonds. The number of carbonyl (C=O) groups is 1. The van der Waals surface area contributed by atoms with E-state index in [0.717, 1.165) is 0 Å². The van der Waals surface area contributed by atoms with Crippen molar-refractivity contribution in [3.63, 3.8) is 0 Å². The van der Waals surface area contributed by atoms with Crippen LogP contribution in [-0.4, -0.2) is 27.8 Å². The first-order chi connectivity index (χ1) is 8.04. The minimum absolute atomic E-state index is 0.0120. The molecule has 92 valence electrons. The van der Waals surface area contributed by atoms with Gasteiger partial charge in [0.15, 0.2) is 0 Å². The predicted octanol–water partition coefficient (Wildman–Crippen LogP) is 1.07. The smallest absolute Gasteiger partial charge is 0.321 e. The molecule has 0 aromatic heterocycles. The van der Waals surface area contributed by atoms with Gasteiger partial charge in [-0.1, -0.05) is 12.1 Å². The first kappa shape index (κ1) is 13.5. The Hall–Kier alpha value is -1.60. The van der Waals surface area contributed by atoms with Crippen LogP contribution in [0.2, 0.25) is 0 Å². The molecule has 0 saturated carbocycles. The van der Waals surface area contributed by atoms with Crippen molar-refractivity contribution >= 4 is 24.3 Å². The van der Waals surface area contributed by atoms with E-state index in [9.17, 15) is 14.9 Å². The maximum absolute atomic E-state index is 10.7. The summed E-state index contributed by atoms with van der Waals surface area (Å²) in [7, 11) is 0. The van der Waals surface area contributed by atoms with E-state index < -0.39 is 16.9 Å². The van der Waals surface area contributed by atoms with Crippen molar-refractivity contribution in [1.82, 2.24) is 5.32 Å². The molecular weight excluding hydrogens is 244 g/mol. The first-order valence-electron chi connectivity index (χ1n) is 4.85. The maximum atomic E-state index is 10.7. The molecule has 0 heterocycles. The van der Waals surface area contributed by atoms with E-state index in [0.29, 0.717) is 5.56 Å². The largest absolute Gasteiger partial charge is 0.480 e. The number of carboxylic acids is 1. The van der Waals surface area contributed by atoms with Crippen LogP contribution in [0.3, 0.4) is 0 Å². The number of carboxylic acid groups (broad SMARTS) is 1. The number of hydrogen-bond donors (Lipinski definition) is 3. The molecule has 1 aromatic carbocycles. The Morgan fingerprint density at radius 3 is 2.82 bits per heavy atom. The molecule has 1 aromatic rings. The van der Waals surface area contributed by atoms with Gasteiger partial charge >= 0.3 is 5.97 Å². The van der Waals surface area contributed by atoms with Gasteiger partial charge in [0.05, 0.1) is 4.92 Å². The predicted molar refractivity (Wildman–Crippen MR) is 65.2 cm³/mol. The van der Waals surface area contributed by atoms with Crippen molar-refractivity contribution < 1.29 is 14.8 Å². The summed E-state index contributed by atoms with van der Waals surface area (Å²) in [6, 6.07) is 5.28. The summed E-state index contributed by atoms with van der Waals surface area (Å²) in [5, 5.41) is 22.1. The fourth-order valence-electron chi connectivity index (χ4n) is 1.25. The van der Waals surface area contributed by atoms with Crippen molar-refractivity contribution in [1.29, 1.82) is 0 Å². The summed E-state index contributed by atoms with van der Waals surface area (Å²) in [6.45, 7) is 0.249. The van der Waals surface area contributed by atoms with Crippen LogP contribution in [0.4, 0.5) is 5.69 Å². The van der Waals surface area contributed by atoms with Crippen molar-refractivity contribution in [2.75, 3.05) is 5.75 Å². The average Bonchev–Trinajstić information content (AvgIpc) is 2.29. The van der Waals surface area contributed by atoms with Gasteiger partial charge in [-0.05, 0) is 5.56 Å². The summed E-state index contributed by atoms with van der Waals surface area (Å²) in [5.74, 6) is -0.838. The fourth-order valence-corrected chi connectivity index (χ4v) is 1.54. The van der Waals surface area contributed by atoms with Gasteiger partial charge in [0, 0.05) is 24.4 Å². The number of rotatable bonds is 6. The number of aliphatic carboxylic acids is 1. The topological polar surface area (TPSA) is 92.5 Å². The lowest BCUT2D eigenvalue weighted by Crippen LogP contribution is -2.37. The van der Waals surface area contributed by atoms with Crippen LogP contribution in [0.5, 0.6) is 0 Å². The molecule has 0 bridgehead atoms. The van der Waals surface area contributed by atoms with Gasteiger partial charge < -0.3 is 5.11 Å². The van der Waals surface area contributed by atoms with Gasteiger partial charge in [-0.2, -0.15) is 12.6 Å². The van der Waals surface area contributed by atoms with E-state index in [1.807, 2.05) is 0 Å². The van der Waals surface area contributed by atoms with E-state index in [1.54, 1.807) is 12.1 Å². The molecule has 17 heavy (non-hydrogen) atoms. The second kappa shape index (κ2) is 6.21. The van der Waals surface area contributed by atoms with Crippen LogP contribution >= 0.6 is 12.6 Å². The highest BCUT2D eigenvalue weighted by molar-refractivity contribution is 7.80. The van der Waals surface area contributed by atoms with Crippen LogP contribution in [-0.2, 0) is 11.3 Å². The minimum Gasteiger partial charge on any atom is -0.480 e. The summed E-state index contributed by atoms with van der Waals surface area (Å²) in [6.07, 6.45) is 0. The van der Waals surface area contributed by atoms with Crippen LogP contribution < -0.4 is 5.32 Å². The standard InChI is InChI=1S/C10H12N2O4S/c13-10(14)9(6-17)11-5-7-2-1-3-8(4-7)12(15)16/h1-4,9,11,17H,5-6H2,(H,13,14)/t9-/m0/s1. The fraction of sp³-hybridized carbons (Fsp3) is 0.300. The normalized spacial score (nSPS) is 12.1. The third-order valence-corrected chi connectivity index (χ3v) is 2.52. The summed E-state index contributed by atoms with van der Waals surface area (Å²) in [5.41, 5.74) is 0.647. The molecule has 0 fully saturated rings. The summed E-state index contributed by atoms with van der Waals surface area (Å²) >= 11 is 3.90. The molecule has 1 rings (SSSR count). The quantitative estimate of drug-likeness (QED) is 0.402. The van der Waals surface area contributed by atoms with Gasteiger partial charge in [-0.3, -0.25) is 20.2 Å². The number of nitrogens with zero attached hydrogens (tertiary/aromatic N) is 1. The lowest BCUT2D eigenvalue weighted by Gasteiger charge is -2.11. The molecule has 7 heteroatoms. The molecule has 2 N–H and O–H groups in total. The second-order valence-corrected chi connectivity index (χ2v) is 3.75. The summed E-state index contributed by atoms with van der Waals surface area (Å²) < 4.78 is 0. The highest BCUT2D eigenvalue weighted by Crippen LogP contribution is 2.12. The first-order valence-corrected chi connectivity index (χ1v) is 5.48. The van der Waals surface area contributed by atoms with Gasteiger partial charge in [0.2, 0.25) is 0 Å². The number of non-ortho nitro benzene ring substituents is 1. The SMILES string of the molecule is O=C(O)[C@H](CS)NCc1cccc([N+](=O)[O-])c1. The van der Waals surface area contributed by atoms with Crippen LogP contribution in [0.25, 0.3) is 0 Å². The zero-order valence-electron chi connectivity index (χ0n) is 8.87. The number of hydrogen-bond acceptors (Lipinski definition) is 5. The molecule has 0 aliphatic heterocycles. The van der Waals surface area contributed by atoms with Crippen LogP contribution in [0.1, 0.15) is 5.56 Å². The number of thiol groups is 1. The lowest BCUT2D eigenvalue weighted by atomic mass is 10.2. The maximum Gasteiger partial charge on any atom is 0.321 e. The minimum atomic E-state index is -0.995. The van der Waals surface area contributed by atoms with E-state index in [1.165, 1.54) is 12.1 Å². The zero-order valence-corrected chi connectivity index (χ0v) is 9.76. The van der Waals surface area contributed by atoms with Gasteiger partial charge in [-0.15, -0.1) is 0 Å². The Kier molecular flexibility index (Phi) is 4.92. The van der Waals surface area contributed by atoms with E-state index in [2.05, 4.69) is 17.9 Å². The third kappa shape index (κ3) is 4.04. The highest BCUT2D eigenvalue weighted by atomic mass is 32.1. The monoisotopic (exact) mass is 256 g/mol. The van der Waals surface area contributed by atoms with Crippen LogP contribution in [0, 0.1) is 10.1 Å².